The summed E-state index contributed by atoms with van der Waals surface area (Å²) >= 11 is 2.81. The maximum Gasteiger partial charge on any atom is 0.418 e. The molecule has 0 amide bonds. The van der Waals surface area contributed by atoms with Crippen molar-refractivity contribution in [2.75, 3.05) is 37.9 Å². The van der Waals surface area contributed by atoms with Crippen LogP contribution in [0.15, 0.2) is 22.7 Å². The summed E-state index contributed by atoms with van der Waals surface area (Å²) in [5.74, 6) is 0. The van der Waals surface area contributed by atoms with Gasteiger partial charge in [-0.2, -0.15) is 13.2 Å². The Morgan fingerprint density at radius 1 is 1.28 bits per heavy atom. The highest BCUT2D eigenvalue weighted by molar-refractivity contribution is 9.10. The number of anilines is 1. The molecule has 100 valence electrons. The van der Waals surface area contributed by atoms with E-state index in [1.807, 2.05) is 0 Å². The number of likely N-dealkylation sites (N-methyl/N-ethyl adjacent to an activating group) is 1. The highest BCUT2D eigenvalue weighted by atomic mass is 79.9. The van der Waals surface area contributed by atoms with Crippen LogP contribution in [0.25, 0.3) is 0 Å². The van der Waals surface area contributed by atoms with Crippen LogP contribution >= 0.6 is 15.9 Å². The molecule has 0 aliphatic carbocycles. The second-order valence-corrected chi connectivity index (χ2v) is 4.19. The normalized spacial score (nSPS) is 39.1. The van der Waals surface area contributed by atoms with E-state index in [1.54, 1.807) is 0 Å². The minimum atomic E-state index is -5.13. The highest BCUT2D eigenvalue weighted by Gasteiger charge is 2.35. The Balaban J connectivity index is 2.92. The van der Waals surface area contributed by atoms with Crippen molar-refractivity contribution in [1.29, 1.82) is 0 Å². The number of piperazine rings is 1. The van der Waals surface area contributed by atoms with E-state index in [-0.39, 0.29) is 9.37 Å². The van der Waals surface area contributed by atoms with Gasteiger partial charge in [0.1, 0.15) is 0 Å². The van der Waals surface area contributed by atoms with Gasteiger partial charge in [0.05, 0.1) is 11.0 Å². The lowest BCUT2D eigenvalue weighted by atomic mass is 10.1. The lowest BCUT2D eigenvalue weighted by Crippen LogP contribution is -2.45. The third kappa shape index (κ3) is 2.98. The zero-order chi connectivity index (χ0) is 23.0. The molecule has 1 aromatic rings. The van der Waals surface area contributed by atoms with Crippen LogP contribution in [0, 0.1) is 0 Å². The molecule has 1 heterocycles. The SMILES string of the molecule is [2H]C([2H])([2H])N1C([2H])([2H])C([2H])([2H])N(c2ccc(Br)cc2C(F)(F)F)C([2H])([2H])C1([2H])[2H]. The molecule has 1 saturated heterocycles. The van der Waals surface area contributed by atoms with Crippen molar-refractivity contribution in [2.24, 2.45) is 0 Å². The minimum Gasteiger partial charge on any atom is -0.368 e. The van der Waals surface area contributed by atoms with Crippen LogP contribution in [0.1, 0.15) is 20.6 Å². The molecule has 0 unspecified atom stereocenters. The standard InChI is InChI=1S/C12H14BrF3N2/c1-17-4-6-18(7-5-17)11-3-2-9(13)8-10(11)12(14,15)16/h2-3,8H,4-7H2,1H3/i1D3,4D2,5D2,6D2,7D2. The van der Waals surface area contributed by atoms with E-state index in [9.17, 15) is 13.2 Å². The van der Waals surface area contributed by atoms with Gasteiger partial charge in [-0.1, -0.05) is 15.9 Å². The van der Waals surface area contributed by atoms with E-state index in [1.165, 1.54) is 0 Å². The van der Waals surface area contributed by atoms with Crippen LogP contribution in [0.3, 0.4) is 0 Å². The Bertz CT molecular complexity index is 781. The van der Waals surface area contributed by atoms with Crippen molar-refractivity contribution in [3.8, 4) is 0 Å². The van der Waals surface area contributed by atoms with Crippen molar-refractivity contribution in [3.05, 3.63) is 28.2 Å². The Kier molecular flexibility index (Phi) is 1.51. The van der Waals surface area contributed by atoms with Gasteiger partial charge in [-0.15, -0.1) is 0 Å². The van der Waals surface area contributed by atoms with Crippen molar-refractivity contribution < 1.29 is 28.2 Å². The van der Waals surface area contributed by atoms with Gasteiger partial charge >= 0.3 is 6.18 Å². The second kappa shape index (κ2) is 5.09. The minimum absolute atomic E-state index is 0.0955. The first-order valence-electron chi connectivity index (χ1n) is 10.1. The zero-order valence-corrected chi connectivity index (χ0v) is 10.2. The first-order valence-corrected chi connectivity index (χ1v) is 5.38. The van der Waals surface area contributed by atoms with Crippen LogP contribution < -0.4 is 4.90 Å². The summed E-state index contributed by atoms with van der Waals surface area (Å²) in [6, 6.07) is 2.17. The molecule has 18 heavy (non-hydrogen) atoms. The van der Waals surface area contributed by atoms with Crippen molar-refractivity contribution in [1.82, 2.24) is 4.90 Å². The van der Waals surface area contributed by atoms with Crippen LogP contribution in [-0.2, 0) is 6.18 Å². The predicted molar refractivity (Wildman–Crippen MR) is 68.9 cm³/mol. The van der Waals surface area contributed by atoms with E-state index in [4.69, 9.17) is 15.1 Å². The zero-order valence-electron chi connectivity index (χ0n) is 19.6. The van der Waals surface area contributed by atoms with Crippen molar-refractivity contribution in [3.63, 3.8) is 0 Å². The summed E-state index contributed by atoms with van der Waals surface area (Å²) in [6.07, 6.45) is -5.13. The van der Waals surface area contributed by atoms with Gasteiger partial charge < -0.3 is 9.80 Å². The molecule has 0 radical (unpaired) electrons. The number of benzene rings is 1. The molecule has 1 aliphatic rings. The average molecular weight is 334 g/mol. The molecule has 2 nitrogen and oxygen atoms in total. The summed E-state index contributed by atoms with van der Waals surface area (Å²) in [6.45, 7) is -18.6. The van der Waals surface area contributed by atoms with Crippen molar-refractivity contribution >= 4 is 21.6 Å². The Labute approximate surface area is 128 Å². The lowest BCUT2D eigenvalue weighted by Gasteiger charge is -2.35. The van der Waals surface area contributed by atoms with E-state index in [2.05, 4.69) is 15.9 Å². The largest absolute Gasteiger partial charge is 0.418 e. The summed E-state index contributed by atoms with van der Waals surface area (Å²) in [7, 11) is 0. The topological polar surface area (TPSA) is 6.48 Å². The molecule has 1 aliphatic heterocycles. The molecule has 0 atom stereocenters. The van der Waals surface area contributed by atoms with Gasteiger partial charge in [0.15, 0.2) is 0 Å². The van der Waals surface area contributed by atoms with Gasteiger partial charge in [-0.05, 0) is 25.2 Å². The number of hydrogen-bond acceptors (Lipinski definition) is 2. The first-order chi connectivity index (χ1) is 12.6. The Morgan fingerprint density at radius 3 is 2.50 bits per heavy atom. The van der Waals surface area contributed by atoms with Gasteiger partial charge in [0.2, 0.25) is 0 Å². The number of hydrogen-bond donors (Lipinski definition) is 0. The fourth-order valence-electron chi connectivity index (χ4n) is 1.31. The summed E-state index contributed by atoms with van der Waals surface area (Å²) in [5.41, 5.74) is -2.75. The lowest BCUT2D eigenvalue weighted by molar-refractivity contribution is -0.137. The number of halogens is 4. The maximum atomic E-state index is 13.6. The Morgan fingerprint density at radius 2 is 1.94 bits per heavy atom. The van der Waals surface area contributed by atoms with Crippen LogP contribution in [-0.4, -0.2) is 37.9 Å². The molecule has 0 aromatic heterocycles. The van der Waals surface area contributed by atoms with E-state index < -0.39 is 55.3 Å². The molecular weight excluding hydrogens is 309 g/mol. The summed E-state index contributed by atoms with van der Waals surface area (Å²) in [5, 5.41) is 0. The molecular formula is C12H14BrF3N2. The molecule has 0 saturated carbocycles. The van der Waals surface area contributed by atoms with Gasteiger partial charge in [-0.3, -0.25) is 0 Å². The van der Waals surface area contributed by atoms with Crippen LogP contribution in [0.5, 0.6) is 0 Å². The summed E-state index contributed by atoms with van der Waals surface area (Å²) < 4.78 is 127. The molecule has 6 heteroatoms. The third-order valence-corrected chi connectivity index (χ3v) is 2.55. The van der Waals surface area contributed by atoms with Crippen LogP contribution in [0.4, 0.5) is 18.9 Å². The first kappa shape index (κ1) is 5.32. The third-order valence-electron chi connectivity index (χ3n) is 2.05. The maximum absolute atomic E-state index is 13.6. The quantitative estimate of drug-likeness (QED) is 0.778. The number of rotatable bonds is 1. The summed E-state index contributed by atoms with van der Waals surface area (Å²) in [4.78, 5) is -0.923. The van der Waals surface area contributed by atoms with E-state index in [0.717, 1.165) is 6.07 Å². The van der Waals surface area contributed by atoms with Crippen LogP contribution in [0.2, 0.25) is 0 Å². The molecule has 1 aromatic carbocycles. The average Bonchev–Trinajstić information content (AvgIpc) is 2.43. The van der Waals surface area contributed by atoms with E-state index >= 15 is 0 Å². The number of nitrogens with zero attached hydrogens (tertiary/aromatic N) is 2. The molecule has 0 bridgehead atoms. The molecule has 0 N–H and O–H groups in total. The molecule has 0 spiro atoms. The van der Waals surface area contributed by atoms with Gasteiger partial charge in [0, 0.05) is 45.7 Å². The molecule has 2 rings (SSSR count). The monoisotopic (exact) mass is 333 g/mol. The molecule has 1 fully saturated rings. The highest BCUT2D eigenvalue weighted by Crippen LogP contribution is 2.38. The number of alkyl halides is 3. The second-order valence-electron chi connectivity index (χ2n) is 3.28. The predicted octanol–water partition coefficient (Wildman–Crippen LogP) is 3.22. The van der Waals surface area contributed by atoms with Crippen molar-refractivity contribution in [2.45, 2.75) is 6.18 Å². The fraction of sp³-hybridized carbons (Fsp3) is 0.500. The Hall–Kier alpha value is -0.750. The fourth-order valence-corrected chi connectivity index (χ4v) is 1.67. The smallest absolute Gasteiger partial charge is 0.368 e. The van der Waals surface area contributed by atoms with Gasteiger partial charge in [0.25, 0.3) is 0 Å². The van der Waals surface area contributed by atoms with Gasteiger partial charge in [-0.25, -0.2) is 0 Å². The van der Waals surface area contributed by atoms with E-state index in [0.29, 0.717) is 12.1 Å².